The Morgan fingerprint density at radius 3 is 3.00 bits per heavy atom. The number of carbonyl (C=O) groups excluding carboxylic acids is 1. The van der Waals surface area contributed by atoms with Gasteiger partial charge in [0.05, 0.1) is 0 Å². The van der Waals surface area contributed by atoms with Gasteiger partial charge in [-0.15, -0.1) is 11.3 Å². The van der Waals surface area contributed by atoms with E-state index < -0.39 is 0 Å². The van der Waals surface area contributed by atoms with Gasteiger partial charge < -0.3 is 10.2 Å². The fourth-order valence-corrected chi connectivity index (χ4v) is 4.49. The van der Waals surface area contributed by atoms with Crippen LogP contribution in [0.5, 0.6) is 0 Å². The number of fused-ring (bicyclic) bond motifs is 1. The van der Waals surface area contributed by atoms with E-state index in [0.29, 0.717) is 0 Å². The summed E-state index contributed by atoms with van der Waals surface area (Å²) in [6.45, 7) is 5.63. The molecule has 2 aliphatic rings. The molecule has 1 aromatic rings. The summed E-state index contributed by atoms with van der Waals surface area (Å²) in [6.07, 6.45) is 1.16. The van der Waals surface area contributed by atoms with Gasteiger partial charge in [0.2, 0.25) is 0 Å². The van der Waals surface area contributed by atoms with E-state index in [-0.39, 0.29) is 6.03 Å². The SMILES string of the molecule is O=C(NCCN1CCc2sccc2C1)N1CCSCC1. The van der Waals surface area contributed by atoms with Crippen LogP contribution in [0.3, 0.4) is 0 Å². The fourth-order valence-electron chi connectivity index (χ4n) is 2.70. The van der Waals surface area contributed by atoms with Crippen LogP contribution in [-0.4, -0.2) is 60.1 Å². The van der Waals surface area contributed by atoms with Gasteiger partial charge in [0.1, 0.15) is 0 Å². The molecule has 0 aromatic carbocycles. The van der Waals surface area contributed by atoms with E-state index in [9.17, 15) is 4.79 Å². The second-order valence-electron chi connectivity index (χ2n) is 5.23. The minimum Gasteiger partial charge on any atom is -0.337 e. The third kappa shape index (κ3) is 3.48. The number of hydrogen-bond acceptors (Lipinski definition) is 4. The van der Waals surface area contributed by atoms with Crippen molar-refractivity contribution in [1.29, 1.82) is 0 Å². The Kier molecular flexibility index (Phi) is 4.86. The molecular weight excluding hydrogens is 290 g/mol. The Labute approximate surface area is 128 Å². The largest absolute Gasteiger partial charge is 0.337 e. The predicted octanol–water partition coefficient (Wildman–Crippen LogP) is 1.86. The number of rotatable bonds is 3. The van der Waals surface area contributed by atoms with Gasteiger partial charge in [0, 0.05) is 55.7 Å². The summed E-state index contributed by atoms with van der Waals surface area (Å²) in [4.78, 5) is 17.9. The first-order valence-electron chi connectivity index (χ1n) is 7.21. The van der Waals surface area contributed by atoms with Crippen LogP contribution in [0.25, 0.3) is 0 Å². The summed E-state index contributed by atoms with van der Waals surface area (Å²) in [6, 6.07) is 2.34. The van der Waals surface area contributed by atoms with Crippen molar-refractivity contribution in [3.05, 3.63) is 21.9 Å². The number of thioether (sulfide) groups is 1. The lowest BCUT2D eigenvalue weighted by atomic mass is 10.1. The van der Waals surface area contributed by atoms with Crippen molar-refractivity contribution in [2.45, 2.75) is 13.0 Å². The minimum absolute atomic E-state index is 0.110. The monoisotopic (exact) mass is 311 g/mol. The van der Waals surface area contributed by atoms with Gasteiger partial charge >= 0.3 is 6.03 Å². The van der Waals surface area contributed by atoms with Gasteiger partial charge in [0.25, 0.3) is 0 Å². The van der Waals surface area contributed by atoms with Crippen molar-refractivity contribution in [3.63, 3.8) is 0 Å². The lowest BCUT2D eigenvalue weighted by molar-refractivity contribution is 0.198. The Bertz CT molecular complexity index is 457. The highest BCUT2D eigenvalue weighted by Crippen LogP contribution is 2.23. The van der Waals surface area contributed by atoms with Crippen molar-refractivity contribution in [1.82, 2.24) is 15.1 Å². The zero-order valence-electron chi connectivity index (χ0n) is 11.6. The molecule has 110 valence electrons. The van der Waals surface area contributed by atoms with E-state index in [2.05, 4.69) is 21.7 Å². The molecule has 2 amide bonds. The first-order chi connectivity index (χ1) is 9.83. The first kappa shape index (κ1) is 14.2. The smallest absolute Gasteiger partial charge is 0.317 e. The summed E-state index contributed by atoms with van der Waals surface area (Å²) >= 11 is 3.80. The summed E-state index contributed by atoms with van der Waals surface area (Å²) in [5, 5.41) is 5.24. The number of hydrogen-bond donors (Lipinski definition) is 1. The van der Waals surface area contributed by atoms with Crippen molar-refractivity contribution < 1.29 is 4.79 Å². The summed E-state index contributed by atoms with van der Waals surface area (Å²) in [7, 11) is 0. The van der Waals surface area contributed by atoms with E-state index >= 15 is 0 Å². The molecule has 0 unspecified atom stereocenters. The average molecular weight is 311 g/mol. The molecule has 0 radical (unpaired) electrons. The van der Waals surface area contributed by atoms with Crippen LogP contribution < -0.4 is 5.32 Å². The molecule has 1 saturated heterocycles. The molecule has 0 spiro atoms. The second kappa shape index (κ2) is 6.83. The average Bonchev–Trinajstić information content (AvgIpc) is 2.95. The Balaban J connectivity index is 1.39. The number of urea groups is 1. The van der Waals surface area contributed by atoms with Crippen molar-refractivity contribution in [2.24, 2.45) is 0 Å². The van der Waals surface area contributed by atoms with Crippen LogP contribution in [0.2, 0.25) is 0 Å². The third-order valence-corrected chi connectivity index (χ3v) is 5.85. The highest BCUT2D eigenvalue weighted by molar-refractivity contribution is 7.99. The molecule has 0 saturated carbocycles. The summed E-state index contributed by atoms with van der Waals surface area (Å²) < 4.78 is 0. The van der Waals surface area contributed by atoms with Crippen molar-refractivity contribution in [3.8, 4) is 0 Å². The zero-order valence-corrected chi connectivity index (χ0v) is 13.3. The molecule has 6 heteroatoms. The van der Waals surface area contributed by atoms with Crippen molar-refractivity contribution >= 4 is 29.1 Å². The molecule has 2 aliphatic heterocycles. The highest BCUT2D eigenvalue weighted by atomic mass is 32.2. The molecule has 3 heterocycles. The number of thiophene rings is 1. The molecule has 3 rings (SSSR count). The van der Waals surface area contributed by atoms with Gasteiger partial charge in [-0.3, -0.25) is 4.90 Å². The molecule has 20 heavy (non-hydrogen) atoms. The maximum absolute atomic E-state index is 12.0. The van der Waals surface area contributed by atoms with Crippen molar-refractivity contribution in [2.75, 3.05) is 44.2 Å². The quantitative estimate of drug-likeness (QED) is 0.925. The molecular formula is C14H21N3OS2. The standard InChI is InChI=1S/C14H21N3OS2/c18-14(17-6-9-19-10-7-17)15-3-5-16-4-1-13-12(11-16)2-8-20-13/h2,8H,1,3-7,9-11H2,(H,15,18). The first-order valence-corrected chi connectivity index (χ1v) is 9.24. The number of nitrogens with one attached hydrogen (secondary N) is 1. The number of nitrogens with zero attached hydrogens (tertiary/aromatic N) is 2. The number of amides is 2. The summed E-state index contributed by atoms with van der Waals surface area (Å²) in [5.41, 5.74) is 1.47. The van der Waals surface area contributed by atoms with Crippen LogP contribution in [0.4, 0.5) is 4.79 Å². The third-order valence-electron chi connectivity index (χ3n) is 3.89. The van der Waals surface area contributed by atoms with Gasteiger partial charge in [0.15, 0.2) is 0 Å². The topological polar surface area (TPSA) is 35.6 Å². The lowest BCUT2D eigenvalue weighted by Gasteiger charge is -2.29. The van der Waals surface area contributed by atoms with Gasteiger partial charge in [-0.2, -0.15) is 11.8 Å². The maximum atomic E-state index is 12.0. The van der Waals surface area contributed by atoms with Gasteiger partial charge in [-0.1, -0.05) is 0 Å². The van der Waals surface area contributed by atoms with Crippen LogP contribution >= 0.6 is 23.1 Å². The van der Waals surface area contributed by atoms with Gasteiger partial charge in [-0.05, 0) is 23.4 Å². The predicted molar refractivity (Wildman–Crippen MR) is 85.6 cm³/mol. The maximum Gasteiger partial charge on any atom is 0.317 e. The number of carbonyl (C=O) groups is 1. The molecule has 0 atom stereocenters. The molecule has 1 fully saturated rings. The highest BCUT2D eigenvalue weighted by Gasteiger charge is 2.18. The minimum atomic E-state index is 0.110. The van der Waals surface area contributed by atoms with E-state index in [1.807, 2.05) is 28.0 Å². The zero-order chi connectivity index (χ0) is 13.8. The molecule has 1 N–H and O–H groups in total. The van der Waals surface area contributed by atoms with E-state index in [1.165, 1.54) is 10.4 Å². The second-order valence-corrected chi connectivity index (χ2v) is 7.45. The van der Waals surface area contributed by atoms with Crippen LogP contribution in [0, 0.1) is 0 Å². The van der Waals surface area contributed by atoms with Crippen LogP contribution in [0.1, 0.15) is 10.4 Å². The van der Waals surface area contributed by atoms with Crippen LogP contribution in [-0.2, 0) is 13.0 Å². The van der Waals surface area contributed by atoms with Crippen LogP contribution in [0.15, 0.2) is 11.4 Å². The lowest BCUT2D eigenvalue weighted by Crippen LogP contribution is -2.46. The normalized spacial score (nSPS) is 19.7. The van der Waals surface area contributed by atoms with Gasteiger partial charge in [-0.25, -0.2) is 4.79 Å². The Morgan fingerprint density at radius 1 is 1.30 bits per heavy atom. The summed E-state index contributed by atoms with van der Waals surface area (Å²) in [5.74, 6) is 2.14. The molecule has 4 nitrogen and oxygen atoms in total. The van der Waals surface area contributed by atoms with E-state index in [0.717, 1.165) is 57.2 Å². The molecule has 1 aromatic heterocycles. The van der Waals surface area contributed by atoms with E-state index in [4.69, 9.17) is 0 Å². The van der Waals surface area contributed by atoms with E-state index in [1.54, 1.807) is 0 Å². The molecule has 0 aliphatic carbocycles. The molecule has 0 bridgehead atoms. The fraction of sp³-hybridized carbons (Fsp3) is 0.643. The Morgan fingerprint density at radius 2 is 2.15 bits per heavy atom. The Hall–Kier alpha value is -0.720.